The van der Waals surface area contributed by atoms with Crippen LogP contribution in [0.2, 0.25) is 0 Å². The summed E-state index contributed by atoms with van der Waals surface area (Å²) in [4.78, 5) is 58.0. The van der Waals surface area contributed by atoms with Crippen molar-refractivity contribution in [3.63, 3.8) is 0 Å². The highest BCUT2D eigenvalue weighted by Gasteiger charge is 2.51. The zero-order valence-corrected chi connectivity index (χ0v) is 18.8. The SMILES string of the molecule is N#C[C@@]1(COP(=O)(O)OP(=O)(O)OP(=O)(O)O)C[C@H](n2cnc3c(=O)[nH]c(N)nc32)C[C@H]1O. The standard InChI is InChI=1S/C12H17N6O12P3/c13-3-12(4-28-32(24,25)30-33(26,27)29-31(21,22)23)2-6(1-7(12)19)18-5-15-8-9(18)16-11(14)17-10(8)20/h5-7,19H,1-2,4H2,(H,24,25)(H,26,27)(H2,21,22,23)(H3,14,16,17,20)/t6-,7-,12-/m1/s1. The van der Waals surface area contributed by atoms with E-state index in [2.05, 4.69) is 28.1 Å². The molecule has 33 heavy (non-hydrogen) atoms. The van der Waals surface area contributed by atoms with E-state index in [9.17, 15) is 38.6 Å². The van der Waals surface area contributed by atoms with Gasteiger partial charge in [0.1, 0.15) is 5.41 Å². The van der Waals surface area contributed by atoms with E-state index < -0.39 is 53.2 Å². The number of aliphatic hydroxyl groups excluding tert-OH is 1. The average Bonchev–Trinajstić information content (AvgIpc) is 3.18. The van der Waals surface area contributed by atoms with Crippen LogP contribution < -0.4 is 11.3 Å². The van der Waals surface area contributed by atoms with Crippen LogP contribution >= 0.6 is 23.5 Å². The van der Waals surface area contributed by atoms with Crippen molar-refractivity contribution in [2.75, 3.05) is 12.3 Å². The molecule has 21 heteroatoms. The van der Waals surface area contributed by atoms with Gasteiger partial charge in [0.25, 0.3) is 5.56 Å². The zero-order valence-electron chi connectivity index (χ0n) is 16.2. The molecule has 2 heterocycles. The van der Waals surface area contributed by atoms with Crippen LogP contribution in [0.1, 0.15) is 18.9 Å². The Kier molecular flexibility index (Phi) is 6.72. The number of aromatic amines is 1. The number of nitrogens with one attached hydrogen (secondary N) is 1. The van der Waals surface area contributed by atoms with Gasteiger partial charge >= 0.3 is 23.5 Å². The van der Waals surface area contributed by atoms with E-state index >= 15 is 0 Å². The normalized spacial score (nSPS) is 27.2. The molecular formula is C12H17N6O12P3. The molecule has 5 atom stereocenters. The third-order valence-electron chi connectivity index (χ3n) is 4.70. The van der Waals surface area contributed by atoms with E-state index in [-0.39, 0.29) is 30.0 Å². The summed E-state index contributed by atoms with van der Waals surface area (Å²) in [7, 11) is -16.8. The van der Waals surface area contributed by atoms with Crippen molar-refractivity contribution >= 4 is 40.6 Å². The molecule has 0 saturated heterocycles. The van der Waals surface area contributed by atoms with Gasteiger partial charge in [-0.1, -0.05) is 0 Å². The highest BCUT2D eigenvalue weighted by atomic mass is 31.3. The number of aromatic nitrogens is 4. The molecule has 182 valence electrons. The molecular weight excluding hydrogens is 513 g/mol. The van der Waals surface area contributed by atoms with E-state index in [1.165, 1.54) is 10.9 Å². The smallest absolute Gasteiger partial charge is 0.391 e. The second kappa shape index (κ2) is 8.66. The molecule has 3 rings (SSSR count). The maximum absolute atomic E-state index is 12.0. The van der Waals surface area contributed by atoms with E-state index in [4.69, 9.17) is 15.5 Å². The van der Waals surface area contributed by atoms with Crippen molar-refractivity contribution in [3.05, 3.63) is 16.7 Å². The number of anilines is 1. The maximum atomic E-state index is 12.0. The lowest BCUT2D eigenvalue weighted by Gasteiger charge is -2.25. The molecule has 0 spiro atoms. The quantitative estimate of drug-likeness (QED) is 0.207. The van der Waals surface area contributed by atoms with Crippen molar-refractivity contribution in [1.29, 1.82) is 5.26 Å². The fourth-order valence-corrected chi connectivity index (χ4v) is 6.44. The monoisotopic (exact) mass is 530 g/mol. The summed E-state index contributed by atoms with van der Waals surface area (Å²) in [6.07, 6.45) is -0.524. The van der Waals surface area contributed by atoms with Crippen molar-refractivity contribution < 1.29 is 51.5 Å². The highest BCUT2D eigenvalue weighted by Crippen LogP contribution is 2.66. The van der Waals surface area contributed by atoms with Gasteiger partial charge in [-0.3, -0.25) is 14.3 Å². The predicted octanol–water partition coefficient (Wildman–Crippen LogP) is -0.749. The second-order valence-electron chi connectivity index (χ2n) is 7.02. The Morgan fingerprint density at radius 2 is 1.94 bits per heavy atom. The highest BCUT2D eigenvalue weighted by molar-refractivity contribution is 7.66. The molecule has 1 saturated carbocycles. The summed E-state index contributed by atoms with van der Waals surface area (Å²) in [5, 5.41) is 20.1. The van der Waals surface area contributed by atoms with Gasteiger partial charge in [-0.2, -0.15) is 18.9 Å². The molecule has 1 aliphatic rings. The van der Waals surface area contributed by atoms with Crippen LogP contribution in [0.3, 0.4) is 0 Å². The number of aliphatic hydroxyl groups is 1. The largest absolute Gasteiger partial charge is 0.490 e. The average molecular weight is 530 g/mol. The van der Waals surface area contributed by atoms with Gasteiger partial charge in [0.2, 0.25) is 5.95 Å². The van der Waals surface area contributed by atoms with Gasteiger partial charge in [0.15, 0.2) is 11.2 Å². The molecule has 0 amide bonds. The molecule has 0 radical (unpaired) electrons. The van der Waals surface area contributed by atoms with E-state index in [0.717, 1.165) is 0 Å². The molecule has 8 N–H and O–H groups in total. The summed E-state index contributed by atoms with van der Waals surface area (Å²) in [6, 6.07) is 1.07. The maximum Gasteiger partial charge on any atom is 0.490 e. The van der Waals surface area contributed by atoms with Gasteiger partial charge in [-0.05, 0) is 12.8 Å². The predicted molar refractivity (Wildman–Crippen MR) is 105 cm³/mol. The summed E-state index contributed by atoms with van der Waals surface area (Å²) >= 11 is 0. The molecule has 0 aliphatic heterocycles. The van der Waals surface area contributed by atoms with Gasteiger partial charge in [-0.25, -0.2) is 18.7 Å². The number of phosphoric ester groups is 1. The van der Waals surface area contributed by atoms with Crippen LogP contribution in [-0.4, -0.2) is 56.9 Å². The first-order chi connectivity index (χ1) is 15.1. The van der Waals surface area contributed by atoms with Crippen molar-refractivity contribution in [2.24, 2.45) is 5.41 Å². The first kappa shape index (κ1) is 25.6. The second-order valence-corrected chi connectivity index (χ2v) is 11.4. The Morgan fingerprint density at radius 1 is 1.27 bits per heavy atom. The lowest BCUT2D eigenvalue weighted by molar-refractivity contribution is 0.0430. The molecule has 2 unspecified atom stereocenters. The number of hydrogen-bond acceptors (Lipinski definition) is 12. The van der Waals surface area contributed by atoms with E-state index in [1.807, 2.05) is 0 Å². The number of nitriles is 1. The number of hydrogen-bond donors (Lipinski definition) is 7. The number of imidazole rings is 1. The fourth-order valence-electron chi connectivity index (χ4n) is 3.35. The Morgan fingerprint density at radius 3 is 2.55 bits per heavy atom. The summed E-state index contributed by atoms with van der Waals surface area (Å²) in [5.74, 6) is -0.202. The minimum absolute atomic E-state index is 0.0542. The van der Waals surface area contributed by atoms with Crippen LogP contribution in [0, 0.1) is 16.7 Å². The zero-order chi connectivity index (χ0) is 24.8. The number of nitrogens with zero attached hydrogens (tertiary/aromatic N) is 4. The van der Waals surface area contributed by atoms with Gasteiger partial charge in [0.05, 0.1) is 25.1 Å². The number of phosphoric acid groups is 3. The number of fused-ring (bicyclic) bond motifs is 1. The fraction of sp³-hybridized carbons (Fsp3) is 0.500. The van der Waals surface area contributed by atoms with Crippen LogP contribution in [-0.2, 0) is 26.8 Å². The Bertz CT molecular complexity index is 1310. The first-order valence-electron chi connectivity index (χ1n) is 8.66. The Hall–Kier alpha value is -1.99. The lowest BCUT2D eigenvalue weighted by atomic mass is 9.87. The molecule has 0 aromatic carbocycles. The Balaban J connectivity index is 1.79. The van der Waals surface area contributed by atoms with Crippen molar-refractivity contribution in [3.8, 4) is 6.07 Å². The Labute approximate surface area is 183 Å². The van der Waals surface area contributed by atoms with E-state index in [0.29, 0.717) is 0 Å². The number of nitrogens with two attached hydrogens (primary N) is 1. The van der Waals surface area contributed by atoms with Crippen LogP contribution in [0.5, 0.6) is 0 Å². The van der Waals surface area contributed by atoms with Gasteiger partial charge in [-0.15, -0.1) is 0 Å². The van der Waals surface area contributed by atoms with E-state index in [1.54, 1.807) is 6.07 Å². The molecule has 1 aliphatic carbocycles. The van der Waals surface area contributed by atoms with Crippen molar-refractivity contribution in [2.45, 2.75) is 25.0 Å². The number of nitrogen functional groups attached to an aromatic ring is 1. The minimum Gasteiger partial charge on any atom is -0.391 e. The topological polar surface area (TPSA) is 293 Å². The van der Waals surface area contributed by atoms with Crippen molar-refractivity contribution in [1.82, 2.24) is 19.5 Å². The van der Waals surface area contributed by atoms with Crippen LogP contribution in [0.25, 0.3) is 11.2 Å². The van der Waals surface area contributed by atoms with Gasteiger partial charge < -0.3 is 35.0 Å². The molecule has 18 nitrogen and oxygen atoms in total. The number of rotatable bonds is 8. The lowest BCUT2D eigenvalue weighted by Crippen LogP contribution is -2.33. The molecule has 2 aromatic heterocycles. The summed E-state index contributed by atoms with van der Waals surface area (Å²) in [5.41, 5.74) is 3.10. The summed E-state index contributed by atoms with van der Waals surface area (Å²) < 4.78 is 47.2. The minimum atomic E-state index is -5.74. The third-order valence-corrected chi connectivity index (χ3v) is 8.48. The molecule has 1 fully saturated rings. The molecule has 0 bridgehead atoms. The van der Waals surface area contributed by atoms with Crippen LogP contribution in [0.4, 0.5) is 5.95 Å². The third kappa shape index (κ3) is 5.75. The summed E-state index contributed by atoms with van der Waals surface area (Å²) in [6.45, 7) is -0.992. The van der Waals surface area contributed by atoms with Crippen LogP contribution in [0.15, 0.2) is 11.1 Å². The first-order valence-corrected chi connectivity index (χ1v) is 13.2. The van der Waals surface area contributed by atoms with Gasteiger partial charge in [0, 0.05) is 6.04 Å². The number of H-pyrrole nitrogens is 1. The molecule has 2 aromatic rings.